The van der Waals surface area contributed by atoms with Crippen LogP contribution in [-0.2, 0) is 11.3 Å². The molecule has 2 aromatic carbocycles. The van der Waals surface area contributed by atoms with Crippen LogP contribution in [0.5, 0.6) is 0 Å². The molecule has 5 rings (SSSR count). The molecule has 1 N–H and O–H groups in total. The summed E-state index contributed by atoms with van der Waals surface area (Å²) in [5.41, 5.74) is 8.46. The minimum Gasteiger partial charge on any atom is -0.324 e. The number of benzene rings is 2. The summed E-state index contributed by atoms with van der Waals surface area (Å²) in [6, 6.07) is 20.6. The highest BCUT2D eigenvalue weighted by molar-refractivity contribution is 5.91. The highest BCUT2D eigenvalue weighted by atomic mass is 16.2. The third kappa shape index (κ3) is 4.68. The van der Waals surface area contributed by atoms with Crippen LogP contribution < -0.4 is 5.32 Å². The lowest BCUT2D eigenvalue weighted by molar-refractivity contribution is -0.116. The summed E-state index contributed by atoms with van der Waals surface area (Å²) in [7, 11) is 0. The van der Waals surface area contributed by atoms with Crippen LogP contribution in [0, 0.1) is 32.1 Å². The molecule has 0 spiro atoms. The van der Waals surface area contributed by atoms with E-state index < -0.39 is 0 Å². The third-order valence-corrected chi connectivity index (χ3v) is 5.86. The molecule has 176 valence electrons. The maximum Gasteiger partial charge on any atom is 0.246 e. The van der Waals surface area contributed by atoms with Crippen LogP contribution in [0.3, 0.4) is 0 Å². The molecule has 36 heavy (non-hydrogen) atoms. The number of fused-ring (bicyclic) bond motifs is 1. The molecular formula is C28H23N7O. The molecule has 0 fully saturated rings. The van der Waals surface area contributed by atoms with Gasteiger partial charge in [0.1, 0.15) is 12.2 Å². The first kappa shape index (κ1) is 22.9. The molecule has 3 heterocycles. The molecule has 0 bridgehead atoms. The zero-order valence-electron chi connectivity index (χ0n) is 20.1. The smallest absolute Gasteiger partial charge is 0.246 e. The SMILES string of the molecule is Cc1cccc(-c2nn(CC(=O)Nc3cccc(C#N)c3)cc2-c2ccc3nc(C)c(C)nc3c2)n1. The Hall–Kier alpha value is -4.90. The average Bonchev–Trinajstić information content (AvgIpc) is 3.28. The van der Waals surface area contributed by atoms with Gasteiger partial charge in [0, 0.05) is 23.1 Å². The molecule has 0 unspecified atom stereocenters. The van der Waals surface area contributed by atoms with Crippen LogP contribution in [0.2, 0.25) is 0 Å². The van der Waals surface area contributed by atoms with Crippen molar-refractivity contribution in [3.63, 3.8) is 0 Å². The Morgan fingerprint density at radius 1 is 0.944 bits per heavy atom. The highest BCUT2D eigenvalue weighted by Crippen LogP contribution is 2.32. The summed E-state index contributed by atoms with van der Waals surface area (Å²) in [6.45, 7) is 5.82. The van der Waals surface area contributed by atoms with Crippen LogP contribution in [0.25, 0.3) is 33.5 Å². The van der Waals surface area contributed by atoms with Crippen molar-refractivity contribution in [1.29, 1.82) is 5.26 Å². The zero-order valence-corrected chi connectivity index (χ0v) is 20.1. The lowest BCUT2D eigenvalue weighted by atomic mass is 10.0. The summed E-state index contributed by atoms with van der Waals surface area (Å²) in [4.78, 5) is 26.8. The third-order valence-electron chi connectivity index (χ3n) is 5.86. The van der Waals surface area contributed by atoms with Gasteiger partial charge in [0.15, 0.2) is 0 Å². The molecule has 0 aliphatic carbocycles. The lowest BCUT2D eigenvalue weighted by Crippen LogP contribution is -2.19. The summed E-state index contributed by atoms with van der Waals surface area (Å²) < 4.78 is 1.61. The Morgan fingerprint density at radius 2 is 1.72 bits per heavy atom. The first-order valence-electron chi connectivity index (χ1n) is 11.5. The number of pyridine rings is 1. The van der Waals surface area contributed by atoms with E-state index >= 15 is 0 Å². The van der Waals surface area contributed by atoms with Crippen molar-refractivity contribution in [1.82, 2.24) is 24.7 Å². The van der Waals surface area contributed by atoms with E-state index in [1.165, 1.54) is 0 Å². The first-order valence-corrected chi connectivity index (χ1v) is 11.5. The fourth-order valence-electron chi connectivity index (χ4n) is 3.99. The van der Waals surface area contributed by atoms with Crippen molar-refractivity contribution in [2.45, 2.75) is 27.3 Å². The van der Waals surface area contributed by atoms with Crippen LogP contribution in [0.15, 0.2) is 66.9 Å². The quantitative estimate of drug-likeness (QED) is 0.385. The number of aryl methyl sites for hydroxylation is 3. The van der Waals surface area contributed by atoms with E-state index in [1.54, 1.807) is 28.9 Å². The Labute approximate surface area is 208 Å². The molecular weight excluding hydrogens is 450 g/mol. The number of nitrogens with zero attached hydrogens (tertiary/aromatic N) is 6. The monoisotopic (exact) mass is 473 g/mol. The Morgan fingerprint density at radius 3 is 2.50 bits per heavy atom. The molecule has 0 aliphatic heterocycles. The van der Waals surface area contributed by atoms with E-state index in [0.717, 1.165) is 44.9 Å². The van der Waals surface area contributed by atoms with E-state index in [9.17, 15) is 4.79 Å². The number of rotatable bonds is 5. The molecule has 0 radical (unpaired) electrons. The summed E-state index contributed by atoms with van der Waals surface area (Å²) >= 11 is 0. The number of nitrogens with one attached hydrogen (secondary N) is 1. The second kappa shape index (κ2) is 9.39. The van der Waals surface area contributed by atoms with Crippen LogP contribution in [-0.4, -0.2) is 30.6 Å². The second-order valence-electron chi connectivity index (χ2n) is 8.59. The van der Waals surface area contributed by atoms with Crippen LogP contribution in [0.1, 0.15) is 22.6 Å². The van der Waals surface area contributed by atoms with Gasteiger partial charge in [0.2, 0.25) is 5.91 Å². The van der Waals surface area contributed by atoms with E-state index in [1.807, 2.05) is 63.4 Å². The molecule has 0 atom stereocenters. The molecule has 8 nitrogen and oxygen atoms in total. The van der Waals surface area contributed by atoms with Gasteiger partial charge in [0.25, 0.3) is 0 Å². The number of anilines is 1. The lowest BCUT2D eigenvalue weighted by Gasteiger charge is -2.06. The largest absolute Gasteiger partial charge is 0.324 e. The summed E-state index contributed by atoms with van der Waals surface area (Å²) in [6.07, 6.45) is 1.85. The van der Waals surface area contributed by atoms with Gasteiger partial charge in [0.05, 0.1) is 39.7 Å². The second-order valence-corrected chi connectivity index (χ2v) is 8.59. The number of amides is 1. The summed E-state index contributed by atoms with van der Waals surface area (Å²) in [5.74, 6) is -0.252. The van der Waals surface area contributed by atoms with Gasteiger partial charge in [-0.15, -0.1) is 0 Å². The van der Waals surface area contributed by atoms with E-state index in [-0.39, 0.29) is 12.5 Å². The number of carbonyl (C=O) groups excluding carboxylic acids is 1. The topological polar surface area (TPSA) is 109 Å². The number of hydrogen-bond acceptors (Lipinski definition) is 6. The Kier molecular flexibility index (Phi) is 5.97. The molecule has 0 saturated heterocycles. The normalized spacial score (nSPS) is 10.8. The van der Waals surface area contributed by atoms with Gasteiger partial charge >= 0.3 is 0 Å². The van der Waals surface area contributed by atoms with Gasteiger partial charge in [-0.1, -0.05) is 18.2 Å². The van der Waals surface area contributed by atoms with Gasteiger partial charge in [-0.05, 0) is 68.8 Å². The minimum atomic E-state index is -0.252. The van der Waals surface area contributed by atoms with Crippen molar-refractivity contribution in [2.24, 2.45) is 0 Å². The van der Waals surface area contributed by atoms with Crippen molar-refractivity contribution < 1.29 is 4.79 Å². The summed E-state index contributed by atoms with van der Waals surface area (Å²) in [5, 5.41) is 16.7. The van der Waals surface area contributed by atoms with Crippen LogP contribution >= 0.6 is 0 Å². The number of carbonyl (C=O) groups is 1. The fraction of sp³-hybridized carbons (Fsp3) is 0.143. The fourth-order valence-corrected chi connectivity index (χ4v) is 3.99. The van der Waals surface area contributed by atoms with Gasteiger partial charge in [-0.25, -0.2) is 9.97 Å². The van der Waals surface area contributed by atoms with E-state index in [2.05, 4.69) is 21.4 Å². The Bertz CT molecular complexity index is 1660. The van der Waals surface area contributed by atoms with E-state index in [0.29, 0.717) is 16.9 Å². The molecule has 8 heteroatoms. The standard InChI is InChI=1S/C28H23N7O/c1-17-6-4-9-25(30-17)28-23(21-10-11-24-26(13-21)32-19(3)18(2)31-24)15-35(34-28)16-27(36)33-22-8-5-7-20(12-22)14-29/h4-13,15H,16H2,1-3H3,(H,33,36). The van der Waals surface area contributed by atoms with Gasteiger partial charge in [-0.3, -0.25) is 14.5 Å². The first-order chi connectivity index (χ1) is 17.4. The number of aromatic nitrogens is 5. The predicted molar refractivity (Wildman–Crippen MR) is 138 cm³/mol. The maximum atomic E-state index is 12.8. The number of hydrogen-bond donors (Lipinski definition) is 1. The molecule has 0 aliphatic rings. The zero-order chi connectivity index (χ0) is 25.2. The predicted octanol–water partition coefficient (Wildman–Crippen LogP) is 4.99. The van der Waals surface area contributed by atoms with Crippen LogP contribution in [0.4, 0.5) is 5.69 Å². The van der Waals surface area contributed by atoms with Crippen molar-refractivity contribution in [3.05, 3.63) is 89.5 Å². The van der Waals surface area contributed by atoms with Gasteiger partial charge < -0.3 is 5.32 Å². The molecule has 0 saturated carbocycles. The van der Waals surface area contributed by atoms with Crippen molar-refractivity contribution in [3.8, 4) is 28.6 Å². The number of nitriles is 1. The molecule has 3 aromatic heterocycles. The van der Waals surface area contributed by atoms with Gasteiger partial charge in [-0.2, -0.15) is 10.4 Å². The average molecular weight is 474 g/mol. The van der Waals surface area contributed by atoms with Crippen molar-refractivity contribution >= 4 is 22.6 Å². The minimum absolute atomic E-state index is 0.00128. The highest BCUT2D eigenvalue weighted by Gasteiger charge is 2.17. The maximum absolute atomic E-state index is 12.8. The molecule has 5 aromatic rings. The Balaban J connectivity index is 1.53. The van der Waals surface area contributed by atoms with E-state index in [4.69, 9.17) is 15.3 Å². The molecule has 1 amide bonds. The van der Waals surface area contributed by atoms with Crippen molar-refractivity contribution in [2.75, 3.05) is 5.32 Å².